The van der Waals surface area contributed by atoms with Crippen LogP contribution in [0.15, 0.2) is 0 Å². The molecular formula is C19H40O3S. The second-order valence-electron chi connectivity index (χ2n) is 6.83. The second kappa shape index (κ2) is 16.8. The van der Waals surface area contributed by atoms with Gasteiger partial charge in [0.15, 0.2) is 0 Å². The lowest BCUT2D eigenvalue weighted by molar-refractivity contribution is 0.309. The molecule has 0 aliphatic heterocycles. The third kappa shape index (κ3) is 21.9. The van der Waals surface area contributed by atoms with Gasteiger partial charge in [-0.1, -0.05) is 103 Å². The van der Waals surface area contributed by atoms with Gasteiger partial charge in [-0.2, -0.15) is 8.42 Å². The lowest BCUT2D eigenvalue weighted by Gasteiger charge is -2.04. The number of hydrogen-bond donors (Lipinski definition) is 0. The Morgan fingerprint density at radius 1 is 0.565 bits per heavy atom. The van der Waals surface area contributed by atoms with E-state index in [4.69, 9.17) is 4.18 Å². The fraction of sp³-hybridized carbons (Fsp3) is 1.00. The van der Waals surface area contributed by atoms with E-state index in [1.165, 1.54) is 89.9 Å². The average Bonchev–Trinajstić information content (AvgIpc) is 2.49. The molecule has 0 amide bonds. The zero-order valence-corrected chi connectivity index (χ0v) is 16.5. The maximum Gasteiger partial charge on any atom is 0.264 e. The minimum absolute atomic E-state index is 0.345. The van der Waals surface area contributed by atoms with E-state index in [9.17, 15) is 8.42 Å². The van der Waals surface area contributed by atoms with E-state index >= 15 is 0 Å². The van der Waals surface area contributed by atoms with Crippen molar-refractivity contribution in [2.45, 2.75) is 110 Å². The van der Waals surface area contributed by atoms with Crippen molar-refractivity contribution in [2.75, 3.05) is 12.9 Å². The molecule has 0 aromatic heterocycles. The van der Waals surface area contributed by atoms with E-state index in [0.29, 0.717) is 6.61 Å². The third-order valence-corrected chi connectivity index (χ3v) is 4.89. The molecule has 0 rings (SSSR count). The molecular weight excluding hydrogens is 308 g/mol. The minimum atomic E-state index is -3.24. The van der Waals surface area contributed by atoms with Crippen molar-refractivity contribution in [1.82, 2.24) is 0 Å². The van der Waals surface area contributed by atoms with Crippen molar-refractivity contribution >= 4 is 10.1 Å². The fourth-order valence-electron chi connectivity index (χ4n) is 2.86. The summed E-state index contributed by atoms with van der Waals surface area (Å²) >= 11 is 0. The largest absolute Gasteiger partial charge is 0.270 e. The Morgan fingerprint density at radius 3 is 1.17 bits per heavy atom. The first-order chi connectivity index (χ1) is 11.1. The first-order valence-electron chi connectivity index (χ1n) is 9.90. The maximum absolute atomic E-state index is 10.8. The first-order valence-corrected chi connectivity index (χ1v) is 11.7. The van der Waals surface area contributed by atoms with Crippen LogP contribution in [-0.4, -0.2) is 21.3 Å². The summed E-state index contributed by atoms with van der Waals surface area (Å²) in [5, 5.41) is 0. The molecule has 0 radical (unpaired) electrons. The standard InChI is InChI=1S/C19H40O3S/c1-3-4-5-6-7-8-9-10-11-12-13-14-15-16-17-18-19-22-23(2,20)21/h3-19H2,1-2H3. The highest BCUT2D eigenvalue weighted by Gasteiger charge is 2.00. The molecule has 0 saturated carbocycles. The molecule has 0 aromatic rings. The van der Waals surface area contributed by atoms with Crippen molar-refractivity contribution in [3.63, 3.8) is 0 Å². The van der Waals surface area contributed by atoms with Crippen molar-refractivity contribution in [3.05, 3.63) is 0 Å². The molecule has 140 valence electrons. The quantitative estimate of drug-likeness (QED) is 0.218. The van der Waals surface area contributed by atoms with E-state index < -0.39 is 10.1 Å². The van der Waals surface area contributed by atoms with Crippen molar-refractivity contribution in [3.8, 4) is 0 Å². The Kier molecular flexibility index (Phi) is 16.7. The summed E-state index contributed by atoms with van der Waals surface area (Å²) in [6.07, 6.45) is 22.3. The molecule has 0 unspecified atom stereocenters. The van der Waals surface area contributed by atoms with Crippen LogP contribution in [0.25, 0.3) is 0 Å². The van der Waals surface area contributed by atoms with Crippen LogP contribution in [0.3, 0.4) is 0 Å². The van der Waals surface area contributed by atoms with Gasteiger partial charge in [0.25, 0.3) is 10.1 Å². The van der Waals surface area contributed by atoms with Crippen molar-refractivity contribution < 1.29 is 12.6 Å². The van der Waals surface area contributed by atoms with Gasteiger partial charge >= 0.3 is 0 Å². The van der Waals surface area contributed by atoms with E-state index in [1.54, 1.807) is 0 Å². The Morgan fingerprint density at radius 2 is 0.870 bits per heavy atom. The van der Waals surface area contributed by atoms with Gasteiger partial charge in [0.2, 0.25) is 0 Å². The Hall–Kier alpha value is -0.0900. The van der Waals surface area contributed by atoms with Crippen LogP contribution in [0, 0.1) is 0 Å². The summed E-state index contributed by atoms with van der Waals surface area (Å²) in [6, 6.07) is 0. The smallest absolute Gasteiger partial charge is 0.264 e. The molecule has 0 fully saturated rings. The summed E-state index contributed by atoms with van der Waals surface area (Å²) in [5.41, 5.74) is 0. The van der Waals surface area contributed by atoms with Gasteiger partial charge in [-0.15, -0.1) is 0 Å². The topological polar surface area (TPSA) is 43.4 Å². The third-order valence-electron chi connectivity index (χ3n) is 4.30. The summed E-state index contributed by atoms with van der Waals surface area (Å²) in [6.45, 7) is 2.62. The second-order valence-corrected chi connectivity index (χ2v) is 8.47. The molecule has 0 N–H and O–H groups in total. The molecule has 23 heavy (non-hydrogen) atoms. The molecule has 0 saturated heterocycles. The molecule has 0 aliphatic carbocycles. The maximum atomic E-state index is 10.8. The van der Waals surface area contributed by atoms with Crippen LogP contribution < -0.4 is 0 Å². The van der Waals surface area contributed by atoms with Gasteiger partial charge < -0.3 is 0 Å². The molecule has 0 heterocycles. The zero-order valence-electron chi connectivity index (χ0n) is 15.7. The van der Waals surface area contributed by atoms with Crippen molar-refractivity contribution in [2.24, 2.45) is 0 Å². The predicted molar refractivity (Wildman–Crippen MR) is 100 cm³/mol. The van der Waals surface area contributed by atoms with Crippen LogP contribution in [0.5, 0.6) is 0 Å². The minimum Gasteiger partial charge on any atom is -0.270 e. The summed E-state index contributed by atoms with van der Waals surface area (Å²) in [4.78, 5) is 0. The number of hydrogen-bond acceptors (Lipinski definition) is 3. The number of rotatable bonds is 18. The van der Waals surface area contributed by atoms with Gasteiger partial charge in [0.1, 0.15) is 0 Å². The molecule has 0 atom stereocenters. The fourth-order valence-corrected chi connectivity index (χ4v) is 3.28. The Balaban J connectivity index is 3.03. The molecule has 3 nitrogen and oxygen atoms in total. The van der Waals surface area contributed by atoms with Crippen LogP contribution in [0.2, 0.25) is 0 Å². The molecule has 0 spiro atoms. The van der Waals surface area contributed by atoms with Gasteiger partial charge in [0, 0.05) is 0 Å². The first kappa shape index (κ1) is 22.9. The van der Waals surface area contributed by atoms with Gasteiger partial charge in [-0.05, 0) is 6.42 Å². The lowest BCUT2D eigenvalue weighted by Crippen LogP contribution is -2.03. The van der Waals surface area contributed by atoms with E-state index in [0.717, 1.165) is 19.1 Å². The van der Waals surface area contributed by atoms with Crippen molar-refractivity contribution in [1.29, 1.82) is 0 Å². The zero-order chi connectivity index (χ0) is 17.2. The van der Waals surface area contributed by atoms with Crippen LogP contribution in [0.1, 0.15) is 110 Å². The van der Waals surface area contributed by atoms with Gasteiger partial charge in [-0.3, -0.25) is 4.18 Å². The average molecular weight is 349 g/mol. The van der Waals surface area contributed by atoms with Crippen LogP contribution in [0.4, 0.5) is 0 Å². The monoisotopic (exact) mass is 348 g/mol. The van der Waals surface area contributed by atoms with E-state index in [-0.39, 0.29) is 0 Å². The van der Waals surface area contributed by atoms with Crippen LogP contribution >= 0.6 is 0 Å². The molecule has 0 aromatic carbocycles. The van der Waals surface area contributed by atoms with Gasteiger partial charge in [0.05, 0.1) is 12.9 Å². The van der Waals surface area contributed by atoms with Crippen LogP contribution in [-0.2, 0) is 14.3 Å². The lowest BCUT2D eigenvalue weighted by atomic mass is 10.0. The number of unbranched alkanes of at least 4 members (excludes halogenated alkanes) is 15. The molecule has 4 heteroatoms. The predicted octanol–water partition coefficient (Wildman–Crippen LogP) is 6.22. The van der Waals surface area contributed by atoms with E-state index in [1.807, 2.05) is 0 Å². The summed E-state index contributed by atoms with van der Waals surface area (Å²) < 4.78 is 26.3. The Labute approximate surface area is 145 Å². The highest BCUT2D eigenvalue weighted by Crippen LogP contribution is 2.13. The van der Waals surface area contributed by atoms with E-state index in [2.05, 4.69) is 6.92 Å². The normalized spacial score (nSPS) is 11.9. The molecule has 0 bridgehead atoms. The highest BCUT2D eigenvalue weighted by atomic mass is 32.2. The summed E-state index contributed by atoms with van der Waals surface area (Å²) in [7, 11) is -3.24. The van der Waals surface area contributed by atoms with Gasteiger partial charge in [-0.25, -0.2) is 0 Å². The SMILES string of the molecule is CCCCCCCCCCCCCCCCCCOS(C)(=O)=O. The highest BCUT2D eigenvalue weighted by molar-refractivity contribution is 7.85. The Bertz CT molecular complexity index is 326. The summed E-state index contributed by atoms with van der Waals surface area (Å²) in [5.74, 6) is 0. The molecule has 0 aliphatic rings.